The van der Waals surface area contributed by atoms with E-state index in [0.29, 0.717) is 6.61 Å². The van der Waals surface area contributed by atoms with E-state index in [9.17, 15) is 0 Å². The van der Waals surface area contributed by atoms with Crippen molar-refractivity contribution >= 4 is 6.08 Å². The van der Waals surface area contributed by atoms with Crippen LogP contribution in [0.3, 0.4) is 0 Å². The summed E-state index contributed by atoms with van der Waals surface area (Å²) in [4.78, 5) is 0. The monoisotopic (exact) mass is 233 g/mol. The Bertz CT molecular complexity index is 346. The second-order valence-electron chi connectivity index (χ2n) is 5.21. The first kappa shape index (κ1) is 13.9. The average molecular weight is 233 g/mol. The molecule has 1 N–H and O–H groups in total. The molecule has 0 spiro atoms. The molecule has 0 atom stereocenters. The summed E-state index contributed by atoms with van der Waals surface area (Å²) in [5, 5.41) is 3.42. The third-order valence-corrected chi connectivity index (χ3v) is 2.35. The first-order chi connectivity index (χ1) is 8.01. The van der Waals surface area contributed by atoms with Crippen LogP contribution in [0.2, 0.25) is 0 Å². The Morgan fingerprint density at radius 1 is 1.18 bits per heavy atom. The zero-order valence-electron chi connectivity index (χ0n) is 11.3. The van der Waals surface area contributed by atoms with Gasteiger partial charge in [0.1, 0.15) is 0 Å². The molecule has 0 aromatic heterocycles. The number of nitrogens with one attached hydrogen (secondary N) is 1. The summed E-state index contributed by atoms with van der Waals surface area (Å²) in [6, 6.07) is 8.42. The summed E-state index contributed by atoms with van der Waals surface area (Å²) in [5.41, 5.74) is 2.60. The second kappa shape index (κ2) is 6.58. The van der Waals surface area contributed by atoms with Gasteiger partial charge in [-0.15, -0.1) is 0 Å². The number of ether oxygens (including phenoxy) is 1. The highest BCUT2D eigenvalue weighted by Gasteiger charge is 2.05. The molecule has 0 bridgehead atoms. The molecule has 1 aromatic carbocycles. The van der Waals surface area contributed by atoms with Gasteiger partial charge in [0.25, 0.3) is 0 Å². The van der Waals surface area contributed by atoms with Crippen LogP contribution in [0, 0.1) is 0 Å². The van der Waals surface area contributed by atoms with Crippen LogP contribution in [0.25, 0.3) is 6.08 Å². The fourth-order valence-corrected chi connectivity index (χ4v) is 1.45. The highest BCUT2D eigenvalue weighted by molar-refractivity contribution is 5.49. The number of hydrogen-bond donors (Lipinski definition) is 1. The molecule has 94 valence electrons. The fourth-order valence-electron chi connectivity index (χ4n) is 1.45. The zero-order chi connectivity index (χ0) is 12.7. The molecule has 0 aliphatic heterocycles. The van der Waals surface area contributed by atoms with Gasteiger partial charge in [-0.1, -0.05) is 36.4 Å². The summed E-state index contributed by atoms with van der Waals surface area (Å²) in [6.07, 6.45) is 4.28. The van der Waals surface area contributed by atoms with Crippen LogP contribution >= 0.6 is 0 Å². The average Bonchev–Trinajstić information content (AvgIpc) is 2.26. The van der Waals surface area contributed by atoms with Crippen molar-refractivity contribution in [2.24, 2.45) is 0 Å². The van der Waals surface area contributed by atoms with Gasteiger partial charge in [0.05, 0.1) is 6.61 Å². The van der Waals surface area contributed by atoms with Crippen molar-refractivity contribution in [2.75, 3.05) is 13.7 Å². The minimum absolute atomic E-state index is 0.173. The minimum Gasteiger partial charge on any atom is -0.380 e. The number of rotatable bonds is 5. The third kappa shape index (κ3) is 6.25. The maximum absolute atomic E-state index is 5.08. The number of hydrogen-bond acceptors (Lipinski definition) is 2. The molecule has 1 rings (SSSR count). The molecule has 0 saturated carbocycles. The lowest BCUT2D eigenvalue weighted by Gasteiger charge is -2.18. The Hall–Kier alpha value is -1.12. The van der Waals surface area contributed by atoms with E-state index in [2.05, 4.69) is 62.5 Å². The van der Waals surface area contributed by atoms with Crippen molar-refractivity contribution < 1.29 is 4.74 Å². The first-order valence-corrected chi connectivity index (χ1v) is 6.01. The SMILES string of the molecule is COCc1ccc(C=CCNC(C)(C)C)cc1. The van der Waals surface area contributed by atoms with Crippen molar-refractivity contribution in [3.8, 4) is 0 Å². The van der Waals surface area contributed by atoms with Crippen molar-refractivity contribution in [1.82, 2.24) is 5.32 Å². The van der Waals surface area contributed by atoms with Crippen LogP contribution in [-0.4, -0.2) is 19.2 Å². The third-order valence-electron chi connectivity index (χ3n) is 2.35. The zero-order valence-corrected chi connectivity index (χ0v) is 11.3. The van der Waals surface area contributed by atoms with Gasteiger partial charge in [-0.25, -0.2) is 0 Å². The Morgan fingerprint density at radius 3 is 2.35 bits per heavy atom. The fraction of sp³-hybridized carbons (Fsp3) is 0.467. The highest BCUT2D eigenvalue weighted by Crippen LogP contribution is 2.07. The van der Waals surface area contributed by atoms with Gasteiger partial charge in [-0.05, 0) is 31.9 Å². The standard InChI is InChI=1S/C15H23NO/c1-15(2,3)16-11-5-6-13-7-9-14(10-8-13)12-17-4/h5-10,16H,11-12H2,1-4H3. The lowest BCUT2D eigenvalue weighted by molar-refractivity contribution is 0.185. The van der Waals surface area contributed by atoms with Crippen molar-refractivity contribution in [1.29, 1.82) is 0 Å². The first-order valence-electron chi connectivity index (χ1n) is 6.01. The lowest BCUT2D eigenvalue weighted by Crippen LogP contribution is -2.35. The summed E-state index contributed by atoms with van der Waals surface area (Å²) in [6.45, 7) is 8.07. The van der Waals surface area contributed by atoms with E-state index in [0.717, 1.165) is 6.54 Å². The molecule has 0 amide bonds. The molecule has 17 heavy (non-hydrogen) atoms. The van der Waals surface area contributed by atoms with Gasteiger partial charge < -0.3 is 10.1 Å². The van der Waals surface area contributed by atoms with Crippen molar-refractivity contribution in [2.45, 2.75) is 32.9 Å². The van der Waals surface area contributed by atoms with Crippen molar-refractivity contribution in [3.05, 3.63) is 41.5 Å². The number of methoxy groups -OCH3 is 1. The van der Waals surface area contributed by atoms with Gasteiger partial charge >= 0.3 is 0 Å². The van der Waals surface area contributed by atoms with Crippen LogP contribution < -0.4 is 5.32 Å². The second-order valence-corrected chi connectivity index (χ2v) is 5.21. The predicted molar refractivity (Wildman–Crippen MR) is 73.9 cm³/mol. The molecule has 0 heterocycles. The normalized spacial score (nSPS) is 12.2. The van der Waals surface area contributed by atoms with Gasteiger partial charge in [0, 0.05) is 19.2 Å². The summed E-state index contributed by atoms with van der Waals surface area (Å²) < 4.78 is 5.08. The molecule has 0 unspecified atom stereocenters. The molecule has 2 nitrogen and oxygen atoms in total. The van der Waals surface area contributed by atoms with E-state index >= 15 is 0 Å². The maximum Gasteiger partial charge on any atom is 0.0713 e. The Labute approximate surface area is 105 Å². The van der Waals surface area contributed by atoms with Gasteiger partial charge in [0.15, 0.2) is 0 Å². The molecule has 0 radical (unpaired) electrons. The summed E-state index contributed by atoms with van der Waals surface area (Å²) in [5.74, 6) is 0. The van der Waals surface area contributed by atoms with Crippen LogP contribution in [0.15, 0.2) is 30.3 Å². The van der Waals surface area contributed by atoms with Gasteiger partial charge in [-0.2, -0.15) is 0 Å². The van der Waals surface area contributed by atoms with Crippen molar-refractivity contribution in [3.63, 3.8) is 0 Å². The smallest absolute Gasteiger partial charge is 0.0713 e. The largest absolute Gasteiger partial charge is 0.380 e. The van der Waals surface area contributed by atoms with Gasteiger partial charge in [0.2, 0.25) is 0 Å². The van der Waals surface area contributed by atoms with Gasteiger partial charge in [-0.3, -0.25) is 0 Å². The Morgan fingerprint density at radius 2 is 1.82 bits per heavy atom. The van der Waals surface area contributed by atoms with E-state index in [-0.39, 0.29) is 5.54 Å². The molecular formula is C15H23NO. The molecule has 2 heteroatoms. The molecule has 0 aliphatic rings. The van der Waals surface area contributed by atoms with E-state index in [4.69, 9.17) is 4.74 Å². The number of benzene rings is 1. The molecule has 0 fully saturated rings. The highest BCUT2D eigenvalue weighted by atomic mass is 16.5. The van der Waals surface area contributed by atoms with Crippen LogP contribution in [-0.2, 0) is 11.3 Å². The van der Waals surface area contributed by atoms with E-state index in [1.807, 2.05) is 0 Å². The molecular weight excluding hydrogens is 210 g/mol. The molecule has 0 aliphatic carbocycles. The Balaban J connectivity index is 2.43. The maximum atomic E-state index is 5.08. The topological polar surface area (TPSA) is 21.3 Å². The molecule has 1 aromatic rings. The van der Waals surface area contributed by atoms with Crippen LogP contribution in [0.4, 0.5) is 0 Å². The summed E-state index contributed by atoms with van der Waals surface area (Å²) in [7, 11) is 1.71. The van der Waals surface area contributed by atoms with E-state index in [1.54, 1.807) is 7.11 Å². The van der Waals surface area contributed by atoms with E-state index < -0.39 is 0 Å². The predicted octanol–water partition coefficient (Wildman–Crippen LogP) is 3.23. The van der Waals surface area contributed by atoms with Crippen LogP contribution in [0.1, 0.15) is 31.9 Å². The molecule has 0 saturated heterocycles. The summed E-state index contributed by atoms with van der Waals surface area (Å²) >= 11 is 0. The lowest BCUT2D eigenvalue weighted by atomic mass is 10.1. The quantitative estimate of drug-likeness (QED) is 0.843. The van der Waals surface area contributed by atoms with Crippen LogP contribution in [0.5, 0.6) is 0 Å². The van der Waals surface area contributed by atoms with E-state index in [1.165, 1.54) is 11.1 Å². The Kier molecular flexibility index (Phi) is 5.39. The minimum atomic E-state index is 0.173.